The first-order valence-electron chi connectivity index (χ1n) is 13.2. The van der Waals surface area contributed by atoms with Crippen molar-refractivity contribution >= 4 is 47.9 Å². The number of alkyl halides is 11. The smallest absolute Gasteiger partial charge is 0.434 e. The van der Waals surface area contributed by atoms with E-state index in [1.54, 1.807) is 27.7 Å². The Bertz CT molecular complexity index is 1380. The minimum atomic E-state index is -4.96. The number of pyridine rings is 2. The number of rotatable bonds is 9. The summed E-state index contributed by atoms with van der Waals surface area (Å²) in [5.74, 6) is -2.63. The molecule has 284 valence electrons. The molecule has 0 saturated carbocycles. The number of hydrogen-bond donors (Lipinski definition) is 1. The second-order valence-electron chi connectivity index (χ2n) is 10.1. The maximum Gasteiger partial charge on any atom is 0.434 e. The largest absolute Gasteiger partial charge is 0.465 e. The summed E-state index contributed by atoms with van der Waals surface area (Å²) in [7, 11) is 1.93. The number of nitrogens with zero attached hydrogens (tertiary/aromatic N) is 2. The molecule has 0 N–H and O–H groups in total. The molecule has 2 aromatic heterocycles. The molecule has 0 saturated heterocycles. The first kappa shape index (κ1) is 53.4. The molecule has 0 spiro atoms. The van der Waals surface area contributed by atoms with Crippen molar-refractivity contribution in [1.29, 1.82) is 0 Å². The summed E-state index contributed by atoms with van der Waals surface area (Å²) in [6, 6.07) is 0. The summed E-state index contributed by atoms with van der Waals surface area (Å²) in [6.07, 6.45) is -13.7. The van der Waals surface area contributed by atoms with E-state index in [1.165, 1.54) is 12.6 Å². The minimum Gasteiger partial charge on any atom is -0.465 e. The number of carbonyl (C=O) groups is 2. The monoisotopic (exact) mass is 830 g/mol. The van der Waals surface area contributed by atoms with Gasteiger partial charge in [-0.3, -0.25) is 0 Å². The number of hydrogen-bond acceptors (Lipinski definition) is 8. The summed E-state index contributed by atoms with van der Waals surface area (Å²) in [5.41, 5.74) is -6.93. The van der Waals surface area contributed by atoms with Crippen LogP contribution in [0.3, 0.4) is 0 Å². The molecule has 0 unspecified atom stereocenters. The van der Waals surface area contributed by atoms with Crippen LogP contribution in [0.15, 0.2) is 9.79 Å². The van der Waals surface area contributed by atoms with Crippen molar-refractivity contribution < 1.29 is 138 Å². The fourth-order valence-corrected chi connectivity index (χ4v) is 5.24. The van der Waals surface area contributed by atoms with Gasteiger partial charge in [-0.25, -0.2) is 37.1 Å². The molecule has 0 radical (unpaired) electrons. The molecule has 0 aliphatic rings. The number of halogens is 11. The molecule has 0 aliphatic heterocycles. The molecule has 0 fully saturated rings. The average Bonchev–Trinajstić information content (AvgIpc) is 2.96. The van der Waals surface area contributed by atoms with Gasteiger partial charge in [0.1, 0.15) is 11.4 Å². The maximum absolute atomic E-state index is 13.2. The van der Waals surface area contributed by atoms with E-state index in [2.05, 4.69) is 43.7 Å². The second-order valence-corrected chi connectivity index (χ2v) is 11.3. The third kappa shape index (κ3) is 15.1. The SMILES string of the molecule is CCl.COC(=O)c1c(C(F)F)nc(C(F)(F)F)c(S)c1CC(C)C.COC(=O)c1c(C(F)F)nc(C(F)(F)F)c(SC)c1CC(C)C.[Ar].[Ar]. The maximum atomic E-state index is 13.2. The number of carbonyl (C=O) groups excluding carboxylic acids is 2. The van der Waals surface area contributed by atoms with Gasteiger partial charge in [-0.15, -0.1) is 36.0 Å². The predicted molar refractivity (Wildman–Crippen MR) is 159 cm³/mol. The fourth-order valence-electron chi connectivity index (χ4n) is 4.08. The van der Waals surface area contributed by atoms with Crippen LogP contribution >= 0.6 is 36.0 Å². The van der Waals surface area contributed by atoms with Gasteiger partial charge in [-0.2, -0.15) is 26.3 Å². The minimum absolute atomic E-state index is 0. The Kier molecular flexibility index (Phi) is 25.8. The molecule has 6 nitrogen and oxygen atoms in total. The molecule has 0 aliphatic carbocycles. The topological polar surface area (TPSA) is 78.4 Å². The van der Waals surface area contributed by atoms with Crippen molar-refractivity contribution in [2.24, 2.45) is 11.8 Å². The van der Waals surface area contributed by atoms with Crippen molar-refractivity contribution in [1.82, 2.24) is 9.97 Å². The van der Waals surface area contributed by atoms with Crippen LogP contribution in [0.2, 0.25) is 0 Å². The second kappa shape index (κ2) is 23.7. The molecule has 0 atom stereocenters. The summed E-state index contributed by atoms with van der Waals surface area (Å²) in [4.78, 5) is 28.7. The van der Waals surface area contributed by atoms with Gasteiger partial charge in [0, 0.05) is 91.7 Å². The molecule has 2 rings (SSSR count). The van der Waals surface area contributed by atoms with Gasteiger partial charge >= 0.3 is 24.3 Å². The molecule has 0 amide bonds. The van der Waals surface area contributed by atoms with Crippen LogP contribution in [0.1, 0.15) is 95.2 Å². The normalized spacial score (nSPS) is 11.3. The van der Waals surface area contributed by atoms with E-state index >= 15 is 0 Å². The summed E-state index contributed by atoms with van der Waals surface area (Å²) in [6.45, 7) is 6.76. The quantitative estimate of drug-likeness (QED) is 0.0887. The fraction of sp³-hybridized carbons (Fsp3) is 0.571. The summed E-state index contributed by atoms with van der Waals surface area (Å²) in [5, 5.41) is 0. The Labute approximate surface area is 352 Å². The van der Waals surface area contributed by atoms with Gasteiger partial charge in [0.15, 0.2) is 11.4 Å². The van der Waals surface area contributed by atoms with Gasteiger partial charge in [0.25, 0.3) is 12.9 Å². The molecule has 2 heterocycles. The van der Waals surface area contributed by atoms with Gasteiger partial charge in [0.2, 0.25) is 0 Å². The number of esters is 2. The Morgan fingerprint density at radius 1 is 0.735 bits per heavy atom. The predicted octanol–water partition coefficient (Wildman–Crippen LogP) is 9.91. The Morgan fingerprint density at radius 3 is 1.35 bits per heavy atom. The molecule has 0 bridgehead atoms. The standard InChI is InChI=1S/C14H16F5NO2S.C13H14F5NO2S.CH3Cl.2Ar/c1-6(2)5-7-8(13(21)22-3)9(12(15)16)20-11(10(7)23-4)14(17,18)19;1-5(2)4-6-7(12(20)21-3)8(11(14)15)19-10(9(6)22)13(16,17)18;1-2;;/h6,12H,5H2,1-4H3;5,11,22H,4H2,1-3H3;1H3;;. The van der Waals surface area contributed by atoms with E-state index in [0.717, 1.165) is 26.0 Å². The van der Waals surface area contributed by atoms with E-state index in [0.29, 0.717) is 0 Å². The first-order chi connectivity index (χ1) is 21.5. The summed E-state index contributed by atoms with van der Waals surface area (Å²) >= 11 is 9.12. The number of thioether (sulfide) groups is 1. The summed E-state index contributed by atoms with van der Waals surface area (Å²) < 4.78 is 140. The molecule has 2 aromatic rings. The van der Waals surface area contributed by atoms with Crippen LogP contribution in [0.4, 0.5) is 43.9 Å². The molecule has 21 heteroatoms. The van der Waals surface area contributed by atoms with E-state index in [1.807, 2.05) is 0 Å². The van der Waals surface area contributed by atoms with Gasteiger partial charge in [-0.05, 0) is 42.1 Å². The van der Waals surface area contributed by atoms with E-state index < -0.39 is 75.9 Å². The van der Waals surface area contributed by atoms with Crippen LogP contribution < -0.4 is 0 Å². The number of methoxy groups -OCH3 is 2. The number of ether oxygens (including phenoxy) is 2. The Morgan fingerprint density at radius 2 is 1.06 bits per heavy atom. The Hall–Kier alpha value is 0.0495. The van der Waals surface area contributed by atoms with Crippen LogP contribution in [-0.2, 0) is 34.7 Å². The van der Waals surface area contributed by atoms with Gasteiger partial charge in [0.05, 0.1) is 25.3 Å². The van der Waals surface area contributed by atoms with Crippen molar-refractivity contribution in [3.05, 3.63) is 45.0 Å². The third-order valence-corrected chi connectivity index (χ3v) is 7.07. The van der Waals surface area contributed by atoms with E-state index in [-0.39, 0.29) is 116 Å². The number of aromatic nitrogens is 2. The van der Waals surface area contributed by atoms with Crippen molar-refractivity contribution in [3.63, 3.8) is 0 Å². The molecule has 49 heavy (non-hydrogen) atoms. The van der Waals surface area contributed by atoms with E-state index in [4.69, 9.17) is 0 Å². The van der Waals surface area contributed by atoms with Gasteiger partial charge in [-0.1, -0.05) is 27.7 Å². The number of thiol groups is 1. The molecular formula is C28H33Ar2ClF10N2O4S2. The zero-order valence-corrected chi connectivity index (χ0v) is 30.9. The van der Waals surface area contributed by atoms with Crippen LogP contribution in [0.25, 0.3) is 0 Å². The molecular weight excluding hydrogens is 798 g/mol. The zero-order chi connectivity index (χ0) is 37.2. The molecule has 0 aromatic carbocycles. The van der Waals surface area contributed by atoms with Crippen LogP contribution in [-0.4, -0.2) is 48.8 Å². The van der Waals surface area contributed by atoms with Crippen LogP contribution in [0, 0.1) is 87.3 Å². The van der Waals surface area contributed by atoms with E-state index in [9.17, 15) is 53.5 Å². The zero-order valence-electron chi connectivity index (χ0n) is 27.0. The third-order valence-electron chi connectivity index (χ3n) is 5.74. The van der Waals surface area contributed by atoms with Gasteiger partial charge < -0.3 is 9.47 Å². The first-order valence-corrected chi connectivity index (χ1v) is 15.6. The van der Waals surface area contributed by atoms with Crippen molar-refractivity contribution in [3.8, 4) is 0 Å². The van der Waals surface area contributed by atoms with Crippen molar-refractivity contribution in [2.45, 2.75) is 75.5 Å². The van der Waals surface area contributed by atoms with Crippen LogP contribution in [0.5, 0.6) is 0 Å². The van der Waals surface area contributed by atoms with Crippen molar-refractivity contribution in [2.75, 3.05) is 26.9 Å². The Balaban J connectivity index is -0.000000792. The average molecular weight is 831 g/mol.